The third-order valence-electron chi connectivity index (χ3n) is 5.57. The maximum atomic E-state index is 5.13. The van der Waals surface area contributed by atoms with Gasteiger partial charge in [0.1, 0.15) is 0 Å². The Labute approximate surface area is 190 Å². The van der Waals surface area contributed by atoms with E-state index in [0.29, 0.717) is 5.92 Å². The zero-order valence-electron chi connectivity index (χ0n) is 18.5. The van der Waals surface area contributed by atoms with Crippen LogP contribution in [-0.2, 0) is 0 Å². The number of rotatable bonds is 6. The second-order valence-electron chi connectivity index (χ2n) is 8.01. The van der Waals surface area contributed by atoms with E-state index in [4.69, 9.17) is 4.99 Å². The van der Waals surface area contributed by atoms with Crippen LogP contribution in [0.1, 0.15) is 23.6 Å². The molecule has 32 heavy (non-hydrogen) atoms. The maximum Gasteiger partial charge on any atom is 0.0750 e. The maximum absolute atomic E-state index is 5.13. The molecule has 0 bridgehead atoms. The molecule has 0 saturated heterocycles. The summed E-state index contributed by atoms with van der Waals surface area (Å²) in [6.45, 7) is 8.14. The number of hydrogen-bond acceptors (Lipinski definition) is 3. The smallest absolute Gasteiger partial charge is 0.0750 e. The third-order valence-corrected chi connectivity index (χ3v) is 5.57. The molecule has 4 rings (SSSR count). The summed E-state index contributed by atoms with van der Waals surface area (Å²) < 4.78 is 0. The Morgan fingerprint density at radius 3 is 2.47 bits per heavy atom. The predicted octanol–water partition coefficient (Wildman–Crippen LogP) is 6.72. The zero-order valence-corrected chi connectivity index (χ0v) is 18.5. The van der Waals surface area contributed by atoms with E-state index in [1.807, 2.05) is 24.4 Å². The van der Waals surface area contributed by atoms with Crippen molar-refractivity contribution in [2.24, 2.45) is 15.9 Å². The molecule has 2 aromatic carbocycles. The standard InChI is InChI=1S/C29H27N3/c1-21-9-6-12-24(17-21)29(32-27-15-5-4-10-22(27)2)19-28(30-3)25-13-7-11-23(18-25)26-14-8-16-31-20-26/h4-20,22,27H,3H2,1-2H3/b28-19-,32-29?. The average Bonchev–Trinajstić information content (AvgIpc) is 2.83. The minimum atomic E-state index is 0.0829. The number of aromatic nitrogens is 1. The number of hydrogen-bond donors (Lipinski definition) is 0. The first-order valence-corrected chi connectivity index (χ1v) is 10.8. The van der Waals surface area contributed by atoms with E-state index in [9.17, 15) is 0 Å². The van der Waals surface area contributed by atoms with Gasteiger partial charge in [0.15, 0.2) is 0 Å². The molecular weight excluding hydrogens is 390 g/mol. The molecule has 3 aromatic rings. The van der Waals surface area contributed by atoms with Gasteiger partial charge in [-0.05, 0) is 43.5 Å². The van der Waals surface area contributed by atoms with Crippen LogP contribution in [0.2, 0.25) is 0 Å². The molecule has 3 heteroatoms. The van der Waals surface area contributed by atoms with Crippen LogP contribution in [0.25, 0.3) is 16.8 Å². The lowest BCUT2D eigenvalue weighted by molar-refractivity contribution is 0.628. The SMILES string of the molecule is C=N/C(=C\C(=NC1C=CC=CC1C)c1cccc(C)c1)c1cccc(-c2cccnc2)c1. The highest BCUT2D eigenvalue weighted by atomic mass is 14.8. The molecule has 0 aliphatic heterocycles. The molecule has 158 valence electrons. The van der Waals surface area contributed by atoms with Gasteiger partial charge in [-0.3, -0.25) is 15.0 Å². The monoisotopic (exact) mass is 417 g/mol. The topological polar surface area (TPSA) is 37.6 Å². The predicted molar refractivity (Wildman–Crippen MR) is 136 cm³/mol. The summed E-state index contributed by atoms with van der Waals surface area (Å²) in [5.41, 5.74) is 7.12. The Morgan fingerprint density at radius 1 is 0.938 bits per heavy atom. The number of aryl methyl sites for hydroxylation is 1. The van der Waals surface area contributed by atoms with Crippen molar-refractivity contribution in [3.8, 4) is 11.1 Å². The van der Waals surface area contributed by atoms with Crippen LogP contribution in [0.15, 0.2) is 113 Å². The van der Waals surface area contributed by atoms with Gasteiger partial charge in [0.05, 0.1) is 17.5 Å². The van der Waals surface area contributed by atoms with E-state index in [1.165, 1.54) is 5.56 Å². The number of benzene rings is 2. The Morgan fingerprint density at radius 2 is 1.72 bits per heavy atom. The number of allylic oxidation sites excluding steroid dienone is 3. The van der Waals surface area contributed by atoms with Crippen molar-refractivity contribution in [3.05, 3.63) is 120 Å². The summed E-state index contributed by atoms with van der Waals surface area (Å²) in [4.78, 5) is 13.7. The minimum Gasteiger partial charge on any atom is -0.277 e. The zero-order chi connectivity index (χ0) is 22.3. The molecule has 2 atom stereocenters. The van der Waals surface area contributed by atoms with Crippen molar-refractivity contribution in [1.29, 1.82) is 0 Å². The van der Waals surface area contributed by atoms with Gasteiger partial charge < -0.3 is 0 Å². The van der Waals surface area contributed by atoms with Crippen molar-refractivity contribution in [3.63, 3.8) is 0 Å². The first kappa shape index (κ1) is 21.4. The van der Waals surface area contributed by atoms with Crippen molar-refractivity contribution in [2.45, 2.75) is 19.9 Å². The average molecular weight is 418 g/mol. The van der Waals surface area contributed by atoms with Gasteiger partial charge in [-0.2, -0.15) is 0 Å². The molecule has 2 unspecified atom stereocenters. The Kier molecular flexibility index (Phi) is 6.66. The normalized spacial score (nSPS) is 18.6. The van der Waals surface area contributed by atoms with Gasteiger partial charge in [-0.25, -0.2) is 0 Å². The Bertz CT molecular complexity index is 1220. The molecule has 1 aliphatic rings. The van der Waals surface area contributed by atoms with E-state index in [2.05, 4.69) is 103 Å². The number of pyridine rings is 1. The summed E-state index contributed by atoms with van der Waals surface area (Å²) in [6.07, 6.45) is 14.2. The molecule has 0 fully saturated rings. The van der Waals surface area contributed by atoms with E-state index in [1.54, 1.807) is 6.20 Å². The molecule has 1 aliphatic carbocycles. The fraction of sp³-hybridized carbons (Fsp3) is 0.138. The fourth-order valence-electron chi connectivity index (χ4n) is 3.77. The molecule has 0 N–H and O–H groups in total. The van der Waals surface area contributed by atoms with Crippen LogP contribution in [0.5, 0.6) is 0 Å². The van der Waals surface area contributed by atoms with Crippen molar-refractivity contribution in [1.82, 2.24) is 4.98 Å². The minimum absolute atomic E-state index is 0.0829. The third kappa shape index (κ3) is 5.06. The van der Waals surface area contributed by atoms with Crippen molar-refractivity contribution in [2.75, 3.05) is 0 Å². The molecule has 0 saturated carbocycles. The van der Waals surface area contributed by atoms with Crippen LogP contribution in [0, 0.1) is 12.8 Å². The van der Waals surface area contributed by atoms with E-state index in [0.717, 1.165) is 33.7 Å². The van der Waals surface area contributed by atoms with Crippen LogP contribution in [0.3, 0.4) is 0 Å². The lowest BCUT2D eigenvalue weighted by Crippen LogP contribution is -2.16. The summed E-state index contributed by atoms with van der Waals surface area (Å²) in [5, 5.41) is 0. The van der Waals surface area contributed by atoms with E-state index in [-0.39, 0.29) is 6.04 Å². The Balaban J connectivity index is 1.78. The van der Waals surface area contributed by atoms with E-state index < -0.39 is 0 Å². The van der Waals surface area contributed by atoms with E-state index >= 15 is 0 Å². The summed E-state index contributed by atoms with van der Waals surface area (Å²) in [7, 11) is 0. The largest absolute Gasteiger partial charge is 0.277 e. The van der Waals surface area contributed by atoms with Gasteiger partial charge >= 0.3 is 0 Å². The van der Waals surface area contributed by atoms with Crippen LogP contribution >= 0.6 is 0 Å². The van der Waals surface area contributed by atoms with Gasteiger partial charge in [0, 0.05) is 35.0 Å². The van der Waals surface area contributed by atoms with Crippen LogP contribution < -0.4 is 0 Å². The quantitative estimate of drug-likeness (QED) is 0.410. The summed E-state index contributed by atoms with van der Waals surface area (Å²) >= 11 is 0. The first-order valence-electron chi connectivity index (χ1n) is 10.8. The molecule has 0 amide bonds. The number of nitrogens with zero attached hydrogens (tertiary/aromatic N) is 3. The Hall–Kier alpha value is -3.85. The summed E-state index contributed by atoms with van der Waals surface area (Å²) in [6, 6.07) is 20.8. The van der Waals surface area contributed by atoms with Crippen molar-refractivity contribution < 1.29 is 0 Å². The van der Waals surface area contributed by atoms with Crippen LogP contribution in [-0.4, -0.2) is 23.5 Å². The highest BCUT2D eigenvalue weighted by molar-refractivity contribution is 6.12. The first-order chi connectivity index (χ1) is 15.6. The van der Waals surface area contributed by atoms with Gasteiger partial charge in [0.2, 0.25) is 0 Å². The lowest BCUT2D eigenvalue weighted by atomic mass is 9.96. The van der Waals surface area contributed by atoms with Gasteiger partial charge in [-0.15, -0.1) is 0 Å². The van der Waals surface area contributed by atoms with Crippen LogP contribution in [0.4, 0.5) is 0 Å². The molecule has 1 heterocycles. The molecule has 1 aromatic heterocycles. The second kappa shape index (κ2) is 9.97. The summed E-state index contributed by atoms with van der Waals surface area (Å²) in [5.74, 6) is 0.335. The second-order valence-corrected chi connectivity index (χ2v) is 8.01. The molecule has 3 nitrogen and oxygen atoms in total. The van der Waals surface area contributed by atoms with Crippen molar-refractivity contribution >= 4 is 18.1 Å². The highest BCUT2D eigenvalue weighted by Crippen LogP contribution is 2.25. The van der Waals surface area contributed by atoms with Gasteiger partial charge in [-0.1, -0.05) is 79.3 Å². The highest BCUT2D eigenvalue weighted by Gasteiger charge is 2.15. The number of aliphatic imine (C=N–C) groups is 2. The molecular formula is C29H27N3. The van der Waals surface area contributed by atoms with Gasteiger partial charge in [0.25, 0.3) is 0 Å². The molecule has 0 spiro atoms. The molecule has 0 radical (unpaired) electrons. The fourth-order valence-corrected chi connectivity index (χ4v) is 3.77. The lowest BCUT2D eigenvalue weighted by Gasteiger charge is -2.18.